The van der Waals surface area contributed by atoms with Gasteiger partial charge in [-0.3, -0.25) is 0 Å². The number of nitrogens with zero attached hydrogens (tertiary/aromatic N) is 5. The van der Waals surface area contributed by atoms with E-state index in [-0.39, 0.29) is 0 Å². The first-order chi connectivity index (χ1) is 27.3. The Morgan fingerprint density at radius 2 is 0.545 bits per heavy atom. The molecule has 0 amide bonds. The third-order valence-electron chi connectivity index (χ3n) is 11.1. The number of hydrogen-bond donors (Lipinski definition) is 0. The summed E-state index contributed by atoms with van der Waals surface area (Å²) in [4.78, 5) is 0. The van der Waals surface area contributed by atoms with Crippen LogP contribution in [0.5, 0.6) is 0 Å². The van der Waals surface area contributed by atoms with E-state index in [4.69, 9.17) is 0 Å². The Kier molecular flexibility index (Phi) is 6.61. The van der Waals surface area contributed by atoms with Crippen molar-refractivity contribution in [3.05, 3.63) is 187 Å². The SMILES string of the molecule is N#Cc1c(-c2ccccc2)c(C#N)c(-n2c3ccccc3c3ccccc32)c(-n2c3ccccc3c3ccccc32)c1-n1c2ccccc2c2ccccc21. The van der Waals surface area contributed by atoms with Gasteiger partial charge in [0.15, 0.2) is 0 Å². The number of benzene rings is 8. The first-order valence-electron chi connectivity index (χ1n) is 18.3. The van der Waals surface area contributed by atoms with Crippen LogP contribution in [0.15, 0.2) is 176 Å². The lowest BCUT2D eigenvalue weighted by Crippen LogP contribution is -2.14. The molecule has 55 heavy (non-hydrogen) atoms. The Morgan fingerprint density at radius 1 is 0.291 bits per heavy atom. The van der Waals surface area contributed by atoms with Crippen LogP contribution in [0.1, 0.15) is 11.1 Å². The van der Waals surface area contributed by atoms with E-state index in [9.17, 15) is 10.5 Å². The Labute approximate surface area is 316 Å². The van der Waals surface area contributed by atoms with Crippen molar-refractivity contribution in [3.63, 3.8) is 0 Å². The number of fused-ring (bicyclic) bond motifs is 9. The van der Waals surface area contributed by atoms with Gasteiger partial charge in [0, 0.05) is 37.9 Å². The largest absolute Gasteiger partial charge is 0.306 e. The van der Waals surface area contributed by atoms with Crippen molar-refractivity contribution in [1.82, 2.24) is 13.7 Å². The summed E-state index contributed by atoms with van der Waals surface area (Å²) in [5.41, 5.74) is 10.3. The smallest absolute Gasteiger partial charge is 0.102 e. The molecule has 3 heterocycles. The molecule has 0 aliphatic carbocycles. The maximum Gasteiger partial charge on any atom is 0.102 e. The second-order valence-electron chi connectivity index (χ2n) is 13.9. The molecule has 0 spiro atoms. The minimum Gasteiger partial charge on any atom is -0.306 e. The summed E-state index contributed by atoms with van der Waals surface area (Å²) in [6.07, 6.45) is 0. The third kappa shape index (κ3) is 4.21. The number of nitriles is 2. The molecule has 0 bridgehead atoms. The van der Waals surface area contributed by atoms with Gasteiger partial charge in [-0.25, -0.2) is 0 Å². The molecule has 11 aromatic rings. The zero-order valence-corrected chi connectivity index (χ0v) is 29.5. The van der Waals surface area contributed by atoms with Gasteiger partial charge >= 0.3 is 0 Å². The van der Waals surface area contributed by atoms with Crippen molar-refractivity contribution >= 4 is 65.4 Å². The van der Waals surface area contributed by atoms with Crippen molar-refractivity contribution in [2.24, 2.45) is 0 Å². The Morgan fingerprint density at radius 3 is 0.836 bits per heavy atom. The topological polar surface area (TPSA) is 62.4 Å². The van der Waals surface area contributed by atoms with Gasteiger partial charge in [0.2, 0.25) is 0 Å². The van der Waals surface area contributed by atoms with Crippen molar-refractivity contribution in [1.29, 1.82) is 10.5 Å². The third-order valence-corrected chi connectivity index (χ3v) is 11.1. The van der Waals surface area contributed by atoms with Crippen LogP contribution in [-0.4, -0.2) is 13.7 Å². The molecule has 0 fully saturated rings. The summed E-state index contributed by atoms with van der Waals surface area (Å²) in [6, 6.07) is 65.8. The summed E-state index contributed by atoms with van der Waals surface area (Å²) < 4.78 is 6.80. The fourth-order valence-corrected chi connectivity index (χ4v) is 8.96. The number of rotatable bonds is 4. The molecule has 0 saturated heterocycles. The van der Waals surface area contributed by atoms with Gasteiger partial charge in [0.25, 0.3) is 0 Å². The number of para-hydroxylation sites is 6. The van der Waals surface area contributed by atoms with Gasteiger partial charge in [-0.1, -0.05) is 140 Å². The molecule has 5 heteroatoms. The molecular weight excluding hydrogens is 671 g/mol. The molecule has 0 saturated carbocycles. The first kappa shape index (κ1) is 30.7. The van der Waals surface area contributed by atoms with Crippen molar-refractivity contribution in [2.45, 2.75) is 0 Å². The van der Waals surface area contributed by atoms with Crippen LogP contribution < -0.4 is 0 Å². The molecule has 0 unspecified atom stereocenters. The van der Waals surface area contributed by atoms with E-state index in [0.29, 0.717) is 28.1 Å². The summed E-state index contributed by atoms with van der Waals surface area (Å²) in [6.45, 7) is 0. The quantitative estimate of drug-likeness (QED) is 0.184. The molecule has 254 valence electrons. The molecule has 0 atom stereocenters. The maximum atomic E-state index is 11.6. The zero-order valence-electron chi connectivity index (χ0n) is 29.5. The molecule has 11 rings (SSSR count). The fourth-order valence-electron chi connectivity index (χ4n) is 8.96. The van der Waals surface area contributed by atoms with Crippen LogP contribution in [0.4, 0.5) is 0 Å². The lowest BCUT2D eigenvalue weighted by atomic mass is 9.90. The van der Waals surface area contributed by atoms with Gasteiger partial charge < -0.3 is 13.7 Å². The molecule has 0 aliphatic heterocycles. The first-order valence-corrected chi connectivity index (χ1v) is 18.3. The molecule has 0 N–H and O–H groups in total. The average molecular weight is 700 g/mol. The highest BCUT2D eigenvalue weighted by Gasteiger charge is 2.33. The van der Waals surface area contributed by atoms with Crippen LogP contribution in [0.3, 0.4) is 0 Å². The summed E-state index contributed by atoms with van der Waals surface area (Å²) in [5, 5.41) is 29.8. The lowest BCUT2D eigenvalue weighted by Gasteiger charge is -2.26. The van der Waals surface area contributed by atoms with E-state index in [1.807, 2.05) is 30.3 Å². The van der Waals surface area contributed by atoms with Gasteiger partial charge in [0.1, 0.15) is 12.1 Å². The van der Waals surface area contributed by atoms with Gasteiger partial charge in [-0.05, 0) is 42.0 Å². The number of hydrogen-bond acceptors (Lipinski definition) is 2. The summed E-state index contributed by atoms with van der Waals surface area (Å²) in [7, 11) is 0. The van der Waals surface area contributed by atoms with Crippen molar-refractivity contribution < 1.29 is 0 Å². The molecular formula is C50H29N5. The molecule has 0 radical (unpaired) electrons. The van der Waals surface area contributed by atoms with Gasteiger partial charge in [0.05, 0.1) is 61.3 Å². The van der Waals surface area contributed by atoms with E-state index >= 15 is 0 Å². The van der Waals surface area contributed by atoms with Crippen molar-refractivity contribution in [3.8, 4) is 40.3 Å². The maximum absolute atomic E-state index is 11.6. The molecule has 5 nitrogen and oxygen atoms in total. The molecule has 0 aliphatic rings. The minimum atomic E-state index is 0.427. The molecule has 3 aromatic heterocycles. The van der Waals surface area contributed by atoms with E-state index in [2.05, 4.69) is 171 Å². The lowest BCUT2D eigenvalue weighted by molar-refractivity contribution is 1.04. The van der Waals surface area contributed by atoms with E-state index in [0.717, 1.165) is 76.7 Å². The van der Waals surface area contributed by atoms with Crippen LogP contribution in [0.25, 0.3) is 93.6 Å². The van der Waals surface area contributed by atoms with Gasteiger partial charge in [-0.2, -0.15) is 10.5 Å². The molecule has 8 aromatic carbocycles. The highest BCUT2D eigenvalue weighted by Crippen LogP contribution is 2.48. The second-order valence-corrected chi connectivity index (χ2v) is 13.9. The van der Waals surface area contributed by atoms with Crippen LogP contribution in [-0.2, 0) is 0 Å². The number of aromatic nitrogens is 3. The summed E-state index contributed by atoms with van der Waals surface area (Å²) in [5.74, 6) is 0. The van der Waals surface area contributed by atoms with E-state index < -0.39 is 0 Å². The Bertz CT molecular complexity index is 3140. The van der Waals surface area contributed by atoms with Gasteiger partial charge in [-0.15, -0.1) is 0 Å². The van der Waals surface area contributed by atoms with E-state index in [1.54, 1.807) is 0 Å². The van der Waals surface area contributed by atoms with Crippen molar-refractivity contribution in [2.75, 3.05) is 0 Å². The fraction of sp³-hybridized carbons (Fsp3) is 0. The monoisotopic (exact) mass is 699 g/mol. The van der Waals surface area contributed by atoms with Crippen LogP contribution >= 0.6 is 0 Å². The average Bonchev–Trinajstić information content (AvgIpc) is 3.89. The van der Waals surface area contributed by atoms with Crippen LogP contribution in [0, 0.1) is 22.7 Å². The Hall–Kier alpha value is -7.86. The standard InChI is InChI=1S/C50H29N5/c51-30-39-47(32-16-2-1-3-17-32)40(31-52)49(54-43-26-12-6-20-35(43)36-21-7-13-27-44(36)54)50(55-45-28-14-8-22-37(45)38-23-9-15-29-46(38)55)48(39)53-41-24-10-4-18-33(41)34-19-5-11-25-42(34)53/h1-29H. The highest BCUT2D eigenvalue weighted by atomic mass is 15.1. The zero-order chi connectivity index (χ0) is 36.6. The summed E-state index contributed by atoms with van der Waals surface area (Å²) >= 11 is 0. The van der Waals surface area contributed by atoms with Crippen LogP contribution in [0.2, 0.25) is 0 Å². The predicted octanol–water partition coefficient (Wildman–Crippen LogP) is 12.4. The second kappa shape index (κ2) is 11.8. The Balaban J connectivity index is 1.51. The van der Waals surface area contributed by atoms with E-state index in [1.165, 1.54) is 0 Å². The highest BCUT2D eigenvalue weighted by molar-refractivity contribution is 6.15. The minimum absolute atomic E-state index is 0.427. The normalized spacial score (nSPS) is 11.6. The predicted molar refractivity (Wildman–Crippen MR) is 224 cm³/mol.